The van der Waals surface area contributed by atoms with Crippen LogP contribution in [0.25, 0.3) is 0 Å². The molecule has 0 rings (SSSR count). The van der Waals surface area contributed by atoms with Gasteiger partial charge in [-0.3, -0.25) is 0 Å². The van der Waals surface area contributed by atoms with E-state index in [-0.39, 0.29) is 0 Å². The van der Waals surface area contributed by atoms with Crippen molar-refractivity contribution in [2.24, 2.45) is 16.2 Å². The highest BCUT2D eigenvalue weighted by molar-refractivity contribution is 5.83. The van der Waals surface area contributed by atoms with Gasteiger partial charge >= 0.3 is 0 Å². The van der Waals surface area contributed by atoms with Gasteiger partial charge in [-0.25, -0.2) is 4.94 Å². The lowest BCUT2D eigenvalue weighted by molar-refractivity contribution is 0.157. The molecule has 0 radical (unpaired) electrons. The van der Waals surface area contributed by atoms with Gasteiger partial charge in [0.15, 0.2) is 0 Å². The summed E-state index contributed by atoms with van der Waals surface area (Å²) in [6, 6.07) is 0. The fraction of sp³-hybridized carbons (Fsp3) is 0.667. The first kappa shape index (κ1) is 8.14. The van der Waals surface area contributed by atoms with Crippen LogP contribution in [0.4, 0.5) is 0 Å². The topological polar surface area (TPSA) is 34.0 Å². The number of oxime groups is 2. The maximum Gasteiger partial charge on any atom is 0.0599 e. The van der Waals surface area contributed by atoms with Gasteiger partial charge in [-0.1, -0.05) is 24.2 Å². The molecular formula is C6H12N2O. The molecule has 3 heteroatoms. The van der Waals surface area contributed by atoms with Gasteiger partial charge in [0.1, 0.15) is 0 Å². The van der Waals surface area contributed by atoms with Gasteiger partial charge in [0.05, 0.1) is 5.71 Å². The van der Waals surface area contributed by atoms with Crippen LogP contribution in [-0.2, 0) is 4.94 Å². The van der Waals surface area contributed by atoms with Crippen LogP contribution in [0.15, 0.2) is 10.3 Å². The van der Waals surface area contributed by atoms with Crippen LogP contribution in [0, 0.1) is 5.92 Å². The van der Waals surface area contributed by atoms with Crippen molar-refractivity contribution >= 4 is 12.4 Å². The van der Waals surface area contributed by atoms with Crippen LogP contribution in [0.5, 0.6) is 0 Å². The predicted octanol–water partition coefficient (Wildman–Crippen LogP) is 1.65. The van der Waals surface area contributed by atoms with Crippen LogP contribution < -0.4 is 0 Å². The molecule has 0 spiro atoms. The second kappa shape index (κ2) is 4.06. The molecule has 0 aromatic heterocycles. The molecule has 0 N–H and O–H groups in total. The van der Waals surface area contributed by atoms with E-state index in [1.54, 1.807) is 0 Å². The van der Waals surface area contributed by atoms with Crippen molar-refractivity contribution in [3.63, 3.8) is 0 Å². The summed E-state index contributed by atoms with van der Waals surface area (Å²) in [7, 11) is 0. The first-order valence-electron chi connectivity index (χ1n) is 2.85. The molecule has 0 unspecified atom stereocenters. The average Bonchev–Trinajstić information content (AvgIpc) is 1.82. The Balaban J connectivity index is 3.68. The molecular weight excluding hydrogens is 116 g/mol. The summed E-state index contributed by atoms with van der Waals surface area (Å²) in [5, 5.41) is 6.75. The summed E-state index contributed by atoms with van der Waals surface area (Å²) >= 11 is 0. The Kier molecular flexibility index (Phi) is 3.67. The molecule has 52 valence electrons. The van der Waals surface area contributed by atoms with E-state index in [1.807, 2.05) is 20.8 Å². The molecule has 0 saturated heterocycles. The third-order valence-corrected chi connectivity index (χ3v) is 1.08. The van der Waals surface area contributed by atoms with Crippen molar-refractivity contribution in [3.8, 4) is 0 Å². The summed E-state index contributed by atoms with van der Waals surface area (Å²) < 4.78 is 0. The Morgan fingerprint density at radius 1 is 1.56 bits per heavy atom. The van der Waals surface area contributed by atoms with Gasteiger partial charge in [0.2, 0.25) is 0 Å². The molecule has 0 saturated carbocycles. The Labute approximate surface area is 55.4 Å². The lowest BCUT2D eigenvalue weighted by Crippen LogP contribution is -2.01. The van der Waals surface area contributed by atoms with E-state index in [0.717, 1.165) is 5.71 Å². The minimum atomic E-state index is 0.409. The Morgan fingerprint density at radius 2 is 2.11 bits per heavy atom. The van der Waals surface area contributed by atoms with Gasteiger partial charge in [0, 0.05) is 6.72 Å². The van der Waals surface area contributed by atoms with Gasteiger partial charge in [-0.2, -0.15) is 0 Å². The molecule has 0 aromatic carbocycles. The minimum absolute atomic E-state index is 0.409. The van der Waals surface area contributed by atoms with Crippen molar-refractivity contribution in [1.82, 2.24) is 0 Å². The minimum Gasteiger partial charge on any atom is -0.245 e. The smallest absolute Gasteiger partial charge is 0.0599 e. The largest absolute Gasteiger partial charge is 0.245 e. The highest BCUT2D eigenvalue weighted by Crippen LogP contribution is 1.95. The third kappa shape index (κ3) is 3.70. The van der Waals surface area contributed by atoms with Gasteiger partial charge in [-0.05, 0) is 12.8 Å². The molecule has 0 bridgehead atoms. The molecule has 0 amide bonds. The third-order valence-electron chi connectivity index (χ3n) is 1.08. The molecule has 0 aromatic rings. The van der Waals surface area contributed by atoms with E-state index in [0.29, 0.717) is 5.92 Å². The lowest BCUT2D eigenvalue weighted by atomic mass is 10.1. The Morgan fingerprint density at radius 3 is 2.44 bits per heavy atom. The molecule has 0 atom stereocenters. The van der Waals surface area contributed by atoms with Gasteiger partial charge in [0.25, 0.3) is 0 Å². The first-order valence-corrected chi connectivity index (χ1v) is 2.85. The summed E-state index contributed by atoms with van der Waals surface area (Å²) in [6.07, 6.45) is 0. The molecule has 0 aliphatic carbocycles. The number of nitrogens with zero attached hydrogens (tertiary/aromatic N) is 2. The second-order valence-electron chi connectivity index (χ2n) is 2.10. The fourth-order valence-electron chi connectivity index (χ4n) is 0.199. The van der Waals surface area contributed by atoms with Gasteiger partial charge in [-0.15, -0.1) is 0 Å². The standard InChI is InChI=1S/C6H12N2O/c1-5(2)6(3)8-9-7-4/h5H,4H2,1-3H3/b8-6+. The lowest BCUT2D eigenvalue weighted by Gasteiger charge is -1.98. The SMILES string of the molecule is C=NO/N=C(\C)C(C)C. The van der Waals surface area contributed by atoms with E-state index in [4.69, 9.17) is 0 Å². The maximum atomic E-state index is 4.36. The zero-order chi connectivity index (χ0) is 7.28. The summed E-state index contributed by atoms with van der Waals surface area (Å²) in [5.41, 5.74) is 0.919. The maximum absolute atomic E-state index is 4.36. The first-order chi connectivity index (χ1) is 4.18. The molecule has 0 heterocycles. The average molecular weight is 128 g/mol. The van der Waals surface area contributed by atoms with Crippen molar-refractivity contribution in [2.75, 3.05) is 0 Å². The van der Waals surface area contributed by atoms with Crippen LogP contribution in [-0.4, -0.2) is 12.4 Å². The number of hydrogen-bond acceptors (Lipinski definition) is 3. The molecule has 9 heavy (non-hydrogen) atoms. The number of hydrogen-bond donors (Lipinski definition) is 0. The van der Waals surface area contributed by atoms with E-state index in [1.165, 1.54) is 0 Å². The summed E-state index contributed by atoms with van der Waals surface area (Å²) in [4.78, 5) is 4.36. The van der Waals surface area contributed by atoms with Gasteiger partial charge < -0.3 is 0 Å². The van der Waals surface area contributed by atoms with E-state index < -0.39 is 0 Å². The Hall–Kier alpha value is -0.860. The normalized spacial score (nSPS) is 11.8. The van der Waals surface area contributed by atoms with Crippen LogP contribution in [0.3, 0.4) is 0 Å². The van der Waals surface area contributed by atoms with Crippen LogP contribution >= 0.6 is 0 Å². The van der Waals surface area contributed by atoms with Crippen LogP contribution in [0.1, 0.15) is 20.8 Å². The summed E-state index contributed by atoms with van der Waals surface area (Å²) in [5.74, 6) is 0.409. The fourth-order valence-corrected chi connectivity index (χ4v) is 0.199. The van der Waals surface area contributed by atoms with Crippen LogP contribution in [0.2, 0.25) is 0 Å². The second-order valence-corrected chi connectivity index (χ2v) is 2.10. The highest BCUT2D eigenvalue weighted by Gasteiger charge is 1.96. The quantitative estimate of drug-likeness (QED) is 0.420. The van der Waals surface area contributed by atoms with E-state index >= 15 is 0 Å². The van der Waals surface area contributed by atoms with Crippen molar-refractivity contribution in [2.45, 2.75) is 20.8 Å². The van der Waals surface area contributed by atoms with Crippen molar-refractivity contribution in [1.29, 1.82) is 0 Å². The zero-order valence-electron chi connectivity index (χ0n) is 6.09. The van der Waals surface area contributed by atoms with E-state index in [2.05, 4.69) is 22.0 Å². The van der Waals surface area contributed by atoms with E-state index in [9.17, 15) is 0 Å². The molecule has 0 fully saturated rings. The Bertz CT molecular complexity index is 118. The number of rotatable bonds is 3. The molecule has 3 nitrogen and oxygen atoms in total. The van der Waals surface area contributed by atoms with Crippen molar-refractivity contribution in [3.05, 3.63) is 0 Å². The molecule has 0 aliphatic heterocycles. The van der Waals surface area contributed by atoms with Crippen molar-refractivity contribution < 1.29 is 4.94 Å². The molecule has 0 aliphatic rings. The predicted molar refractivity (Wildman–Crippen MR) is 38.6 cm³/mol. The summed E-state index contributed by atoms with van der Waals surface area (Å²) in [6.45, 7) is 9.06. The highest BCUT2D eigenvalue weighted by atomic mass is 16.8. The zero-order valence-corrected chi connectivity index (χ0v) is 6.09. The monoisotopic (exact) mass is 128 g/mol.